The lowest BCUT2D eigenvalue weighted by Gasteiger charge is -2.02. The normalized spacial score (nSPS) is 10.6. The lowest BCUT2D eigenvalue weighted by atomic mass is 10.2. The van der Waals surface area contributed by atoms with Gasteiger partial charge in [0.2, 0.25) is 0 Å². The van der Waals surface area contributed by atoms with E-state index in [0.717, 1.165) is 27.8 Å². The van der Waals surface area contributed by atoms with E-state index in [1.54, 1.807) is 4.52 Å². The first-order valence-electron chi connectivity index (χ1n) is 5.51. The summed E-state index contributed by atoms with van der Waals surface area (Å²) in [6, 6.07) is 9.93. The van der Waals surface area contributed by atoms with Crippen LogP contribution in [0.5, 0.6) is 0 Å². The highest BCUT2D eigenvalue weighted by Crippen LogP contribution is 2.19. The van der Waals surface area contributed by atoms with Crippen molar-refractivity contribution >= 4 is 22.2 Å². The van der Waals surface area contributed by atoms with Crippen molar-refractivity contribution in [1.82, 2.24) is 10.1 Å². The Morgan fingerprint density at radius 2 is 1.78 bits per heavy atom. The molecule has 1 aromatic carbocycles. The first-order valence-corrected chi connectivity index (χ1v) is 5.51. The Balaban J connectivity index is 0.00000120. The second kappa shape index (κ2) is 4.38. The van der Waals surface area contributed by atoms with Gasteiger partial charge in [-0.25, -0.2) is 0 Å². The first-order chi connectivity index (χ1) is 8.16. The minimum absolute atomic E-state index is 0. The maximum absolute atomic E-state index is 5.97. The van der Waals surface area contributed by atoms with E-state index in [1.807, 2.05) is 44.2 Å². The van der Waals surface area contributed by atoms with Crippen molar-refractivity contribution in [2.24, 2.45) is 0 Å². The lowest BCUT2D eigenvalue weighted by Crippen LogP contribution is -3.00. The fraction of sp³-hybridized carbons (Fsp3) is 0.154. The highest BCUT2D eigenvalue weighted by molar-refractivity contribution is 5.97. The fourth-order valence-corrected chi connectivity index (χ4v) is 2.14. The molecule has 0 radical (unpaired) electrons. The van der Waals surface area contributed by atoms with Crippen LogP contribution in [0.25, 0.3) is 16.4 Å². The van der Waals surface area contributed by atoms with Gasteiger partial charge in [-0.2, -0.15) is 0 Å². The Morgan fingerprint density at radius 1 is 1.11 bits per heavy atom. The molecule has 0 amide bonds. The minimum Gasteiger partial charge on any atom is -1.00 e. The molecule has 2 aromatic heterocycles. The monoisotopic (exact) mass is 260 g/mol. The largest absolute Gasteiger partial charge is 1.00 e. The molecule has 3 rings (SSSR count). The van der Waals surface area contributed by atoms with Crippen LogP contribution in [0.2, 0.25) is 0 Å². The molecule has 0 aliphatic heterocycles. The van der Waals surface area contributed by atoms with Crippen molar-refractivity contribution in [3.8, 4) is 0 Å². The van der Waals surface area contributed by atoms with Gasteiger partial charge in [0.1, 0.15) is 5.69 Å². The maximum Gasteiger partial charge on any atom is 0.356 e. The van der Waals surface area contributed by atoms with Crippen LogP contribution in [0, 0.1) is 13.8 Å². The number of aromatic nitrogens is 3. The number of nitrogens with two attached hydrogens (primary N) is 1. The van der Waals surface area contributed by atoms with Crippen LogP contribution >= 0.6 is 0 Å². The van der Waals surface area contributed by atoms with E-state index >= 15 is 0 Å². The summed E-state index contributed by atoms with van der Waals surface area (Å²) >= 11 is 0. The van der Waals surface area contributed by atoms with Gasteiger partial charge in [0.05, 0.1) is 5.39 Å². The summed E-state index contributed by atoms with van der Waals surface area (Å²) in [7, 11) is 0. The molecule has 4 nitrogen and oxygen atoms in total. The van der Waals surface area contributed by atoms with Gasteiger partial charge in [-0.05, 0) is 11.1 Å². The summed E-state index contributed by atoms with van der Waals surface area (Å²) in [6.45, 7) is 3.99. The molecule has 0 saturated carbocycles. The van der Waals surface area contributed by atoms with E-state index in [4.69, 9.17) is 5.73 Å². The summed E-state index contributed by atoms with van der Waals surface area (Å²) < 4.78 is 1.80. The summed E-state index contributed by atoms with van der Waals surface area (Å²) in [4.78, 5) is 4.55. The van der Waals surface area contributed by atoms with E-state index in [2.05, 4.69) is 10.1 Å². The van der Waals surface area contributed by atoms with Crippen molar-refractivity contribution < 1.29 is 16.9 Å². The smallest absolute Gasteiger partial charge is 0.356 e. The predicted octanol–water partition coefficient (Wildman–Crippen LogP) is -1.43. The second-order valence-electron chi connectivity index (χ2n) is 4.21. The van der Waals surface area contributed by atoms with Crippen LogP contribution in [0.4, 0.5) is 5.82 Å². The number of fused-ring (bicyclic) bond motifs is 3. The number of rotatable bonds is 0. The molecule has 0 aliphatic carbocycles. The van der Waals surface area contributed by atoms with Crippen molar-refractivity contribution in [2.45, 2.75) is 13.8 Å². The predicted molar refractivity (Wildman–Crippen MR) is 66.6 cm³/mol. The number of aryl methyl sites for hydroxylation is 2. The Morgan fingerprint density at radius 3 is 2.50 bits per heavy atom. The molecule has 0 fully saturated rings. The molecule has 0 unspecified atom stereocenters. The minimum atomic E-state index is 0. The van der Waals surface area contributed by atoms with Gasteiger partial charge in [-0.3, -0.25) is 0 Å². The van der Waals surface area contributed by atoms with E-state index in [1.165, 1.54) is 0 Å². The first kappa shape index (κ1) is 12.5. The lowest BCUT2D eigenvalue weighted by molar-refractivity contribution is -0.587. The fourth-order valence-electron chi connectivity index (χ4n) is 2.14. The highest BCUT2D eigenvalue weighted by atomic mass is 35.5. The Bertz CT molecular complexity index is 740. The number of anilines is 1. The third-order valence-electron chi connectivity index (χ3n) is 2.89. The van der Waals surface area contributed by atoms with Gasteiger partial charge in [-0.1, -0.05) is 27.8 Å². The molecule has 0 saturated heterocycles. The number of nitrogens with zero attached hydrogens (tertiary/aromatic N) is 3. The number of hydrogen-bond donors (Lipinski definition) is 1. The molecule has 92 valence electrons. The van der Waals surface area contributed by atoms with Gasteiger partial charge in [0, 0.05) is 25.3 Å². The zero-order valence-electron chi connectivity index (χ0n) is 10.2. The van der Waals surface area contributed by atoms with Crippen molar-refractivity contribution in [2.75, 3.05) is 5.73 Å². The zero-order chi connectivity index (χ0) is 12.0. The molecule has 0 spiro atoms. The zero-order valence-corrected chi connectivity index (χ0v) is 10.9. The molecule has 3 aromatic rings. The number of nitrogen functional groups attached to an aromatic ring is 1. The third kappa shape index (κ3) is 1.75. The van der Waals surface area contributed by atoms with Gasteiger partial charge in [0.25, 0.3) is 0 Å². The van der Waals surface area contributed by atoms with Crippen LogP contribution in [0.15, 0.2) is 30.3 Å². The van der Waals surface area contributed by atoms with Gasteiger partial charge < -0.3 is 18.1 Å². The van der Waals surface area contributed by atoms with Crippen LogP contribution in [0.1, 0.15) is 11.4 Å². The number of benzene rings is 1. The molecule has 0 bridgehead atoms. The molecular weight excluding hydrogens is 248 g/mol. The SMILES string of the molecule is Cc1cc(C)[n+]2nc(N)c3ccccc3c2n1.[Cl-]. The van der Waals surface area contributed by atoms with Gasteiger partial charge in [0.15, 0.2) is 11.5 Å². The maximum atomic E-state index is 5.97. The third-order valence-corrected chi connectivity index (χ3v) is 2.89. The van der Waals surface area contributed by atoms with Crippen LogP contribution in [0.3, 0.4) is 0 Å². The Labute approximate surface area is 111 Å². The quantitative estimate of drug-likeness (QED) is 0.398. The molecule has 18 heavy (non-hydrogen) atoms. The molecular formula is C13H13ClN4. The van der Waals surface area contributed by atoms with Crippen molar-refractivity contribution in [3.05, 3.63) is 41.7 Å². The summed E-state index contributed by atoms with van der Waals surface area (Å²) in [5.74, 6) is 0.534. The number of hydrogen-bond acceptors (Lipinski definition) is 3. The molecule has 0 aliphatic rings. The Hall–Kier alpha value is -1.94. The van der Waals surface area contributed by atoms with E-state index in [9.17, 15) is 0 Å². The van der Waals surface area contributed by atoms with Crippen molar-refractivity contribution in [1.29, 1.82) is 0 Å². The van der Waals surface area contributed by atoms with E-state index in [0.29, 0.717) is 5.82 Å². The van der Waals surface area contributed by atoms with Crippen LogP contribution in [-0.2, 0) is 0 Å². The van der Waals surface area contributed by atoms with Gasteiger partial charge in [-0.15, -0.1) is 0 Å². The molecule has 0 atom stereocenters. The Kier molecular flexibility index (Phi) is 3.05. The van der Waals surface area contributed by atoms with E-state index < -0.39 is 0 Å². The van der Waals surface area contributed by atoms with Crippen molar-refractivity contribution in [3.63, 3.8) is 0 Å². The average Bonchev–Trinajstić information content (AvgIpc) is 2.31. The summed E-state index contributed by atoms with van der Waals surface area (Å²) in [5.41, 5.74) is 8.84. The second-order valence-corrected chi connectivity index (χ2v) is 4.21. The standard InChI is InChI=1S/C13H13N4.ClH/c1-8-7-9(2)17-13(15-8)11-6-4-3-5-10(11)12(14)16-17;/h3-7H,1-2H3,(H2,14,16);1H/q+1;/p-1. The van der Waals surface area contributed by atoms with Crippen LogP contribution < -0.4 is 22.7 Å². The van der Waals surface area contributed by atoms with Gasteiger partial charge >= 0.3 is 5.65 Å². The molecule has 5 heteroatoms. The molecule has 2 N–H and O–H groups in total. The highest BCUT2D eigenvalue weighted by Gasteiger charge is 2.16. The number of halogens is 1. The summed E-state index contributed by atoms with van der Waals surface area (Å²) in [6.07, 6.45) is 0. The van der Waals surface area contributed by atoms with E-state index in [-0.39, 0.29) is 12.4 Å². The topological polar surface area (TPSA) is 55.9 Å². The average molecular weight is 261 g/mol. The summed E-state index contributed by atoms with van der Waals surface area (Å²) in [5, 5.41) is 6.36. The molecule has 2 heterocycles. The van der Waals surface area contributed by atoms with Crippen LogP contribution in [-0.4, -0.2) is 10.1 Å².